The summed E-state index contributed by atoms with van der Waals surface area (Å²) < 4.78 is 27.5. The molecule has 2 rings (SSSR count). The first-order valence-electron chi connectivity index (χ1n) is 6.29. The van der Waals surface area contributed by atoms with E-state index in [1.165, 1.54) is 15.6 Å². The zero-order valence-electron chi connectivity index (χ0n) is 11.4. The standard InChI is InChI=1S/C12H17BrN2O3S2/c1-14(2)12(16)9-5-7-15(8-6-9)20(17,18)11-4-3-10(13)19-11/h3-4,9H,5-8H2,1-2H3. The number of carbonyl (C=O) groups excluding carboxylic acids is 1. The molecule has 0 saturated carbocycles. The maximum atomic E-state index is 12.4. The molecule has 2 heterocycles. The van der Waals surface area contributed by atoms with Gasteiger partial charge < -0.3 is 4.90 Å². The normalized spacial score (nSPS) is 18.1. The Morgan fingerprint density at radius 3 is 2.40 bits per heavy atom. The van der Waals surface area contributed by atoms with E-state index in [4.69, 9.17) is 0 Å². The molecule has 0 unspecified atom stereocenters. The third kappa shape index (κ3) is 3.24. The number of halogens is 1. The van der Waals surface area contributed by atoms with Crippen LogP contribution in [0.5, 0.6) is 0 Å². The van der Waals surface area contributed by atoms with E-state index in [1.54, 1.807) is 31.1 Å². The number of thiophene rings is 1. The molecule has 1 fully saturated rings. The molecule has 0 aliphatic carbocycles. The van der Waals surface area contributed by atoms with Crippen molar-refractivity contribution in [1.82, 2.24) is 9.21 Å². The van der Waals surface area contributed by atoms with Gasteiger partial charge in [0.1, 0.15) is 4.21 Å². The molecule has 112 valence electrons. The van der Waals surface area contributed by atoms with E-state index in [1.807, 2.05) is 0 Å². The Morgan fingerprint density at radius 1 is 1.35 bits per heavy atom. The summed E-state index contributed by atoms with van der Waals surface area (Å²) in [6.07, 6.45) is 1.17. The monoisotopic (exact) mass is 380 g/mol. The van der Waals surface area contributed by atoms with Crippen molar-refractivity contribution in [3.05, 3.63) is 15.9 Å². The maximum Gasteiger partial charge on any atom is 0.252 e. The van der Waals surface area contributed by atoms with Crippen LogP contribution in [0.3, 0.4) is 0 Å². The second-order valence-corrected chi connectivity index (χ2v) is 9.60. The first-order chi connectivity index (χ1) is 9.32. The maximum absolute atomic E-state index is 12.4. The van der Waals surface area contributed by atoms with Gasteiger partial charge in [0.15, 0.2) is 0 Å². The molecule has 0 spiro atoms. The molecule has 0 bridgehead atoms. The number of rotatable bonds is 3. The topological polar surface area (TPSA) is 57.7 Å². The van der Waals surface area contributed by atoms with Gasteiger partial charge in [0.25, 0.3) is 10.0 Å². The number of hydrogen-bond acceptors (Lipinski definition) is 4. The van der Waals surface area contributed by atoms with Crippen molar-refractivity contribution in [3.8, 4) is 0 Å². The summed E-state index contributed by atoms with van der Waals surface area (Å²) in [4.78, 5) is 13.5. The van der Waals surface area contributed by atoms with Crippen LogP contribution in [0.4, 0.5) is 0 Å². The molecular formula is C12H17BrN2O3S2. The number of amides is 1. The number of piperidine rings is 1. The number of hydrogen-bond donors (Lipinski definition) is 0. The average molecular weight is 381 g/mol. The van der Waals surface area contributed by atoms with Crippen LogP contribution in [0.25, 0.3) is 0 Å². The minimum atomic E-state index is -3.41. The van der Waals surface area contributed by atoms with Crippen molar-refractivity contribution in [2.24, 2.45) is 5.92 Å². The summed E-state index contributed by atoms with van der Waals surface area (Å²) in [7, 11) is 0.0479. The fourth-order valence-electron chi connectivity index (χ4n) is 2.27. The summed E-state index contributed by atoms with van der Waals surface area (Å²) in [5.74, 6) is 0.0208. The van der Waals surface area contributed by atoms with Crippen LogP contribution in [-0.4, -0.2) is 50.7 Å². The molecule has 0 N–H and O–H groups in total. The zero-order valence-corrected chi connectivity index (χ0v) is 14.6. The summed E-state index contributed by atoms with van der Waals surface area (Å²) in [6, 6.07) is 3.35. The van der Waals surface area contributed by atoms with Gasteiger partial charge in [-0.25, -0.2) is 8.42 Å². The highest BCUT2D eigenvalue weighted by atomic mass is 79.9. The molecule has 1 saturated heterocycles. The Bertz CT molecular complexity index is 590. The Kier molecular flexibility index (Phi) is 4.88. The Labute approximate surface area is 131 Å². The summed E-state index contributed by atoms with van der Waals surface area (Å²) in [5.41, 5.74) is 0. The number of carbonyl (C=O) groups is 1. The second-order valence-electron chi connectivity index (χ2n) is 4.97. The third-order valence-electron chi connectivity index (χ3n) is 3.39. The van der Waals surface area contributed by atoms with Gasteiger partial charge in [-0.05, 0) is 40.9 Å². The molecule has 0 radical (unpaired) electrons. The van der Waals surface area contributed by atoms with E-state index in [-0.39, 0.29) is 11.8 Å². The van der Waals surface area contributed by atoms with Crippen molar-refractivity contribution >= 4 is 43.2 Å². The van der Waals surface area contributed by atoms with Crippen molar-refractivity contribution in [2.75, 3.05) is 27.2 Å². The van der Waals surface area contributed by atoms with E-state index in [0.717, 1.165) is 3.79 Å². The molecule has 0 atom stereocenters. The highest BCUT2D eigenvalue weighted by molar-refractivity contribution is 9.11. The highest BCUT2D eigenvalue weighted by Gasteiger charge is 2.33. The summed E-state index contributed by atoms with van der Waals surface area (Å²) in [5, 5.41) is 0. The lowest BCUT2D eigenvalue weighted by atomic mass is 9.97. The van der Waals surface area contributed by atoms with Gasteiger partial charge >= 0.3 is 0 Å². The van der Waals surface area contributed by atoms with Crippen LogP contribution in [0.2, 0.25) is 0 Å². The summed E-state index contributed by atoms with van der Waals surface area (Å²) in [6.45, 7) is 0.810. The molecule has 0 aromatic carbocycles. The fraction of sp³-hybridized carbons (Fsp3) is 0.583. The Hall–Kier alpha value is -0.440. The molecule has 5 nitrogen and oxygen atoms in total. The molecule has 1 aromatic rings. The number of sulfonamides is 1. The molecule has 1 aliphatic heterocycles. The average Bonchev–Trinajstić information content (AvgIpc) is 2.85. The minimum absolute atomic E-state index is 0.0634. The van der Waals surface area contributed by atoms with Gasteiger partial charge in [0, 0.05) is 33.1 Å². The van der Waals surface area contributed by atoms with E-state index < -0.39 is 10.0 Å². The lowest BCUT2D eigenvalue weighted by Crippen LogP contribution is -2.42. The van der Waals surface area contributed by atoms with Crippen LogP contribution < -0.4 is 0 Å². The van der Waals surface area contributed by atoms with E-state index in [0.29, 0.717) is 30.1 Å². The lowest BCUT2D eigenvalue weighted by molar-refractivity contribution is -0.134. The van der Waals surface area contributed by atoms with Crippen LogP contribution in [-0.2, 0) is 14.8 Å². The molecule has 20 heavy (non-hydrogen) atoms. The van der Waals surface area contributed by atoms with Gasteiger partial charge in [-0.2, -0.15) is 4.31 Å². The zero-order chi connectivity index (χ0) is 14.9. The Balaban J connectivity index is 2.05. The first-order valence-corrected chi connectivity index (χ1v) is 9.34. The van der Waals surface area contributed by atoms with Crippen molar-refractivity contribution < 1.29 is 13.2 Å². The second kappa shape index (κ2) is 6.13. The molecular weight excluding hydrogens is 364 g/mol. The summed E-state index contributed by atoms with van der Waals surface area (Å²) >= 11 is 4.49. The highest BCUT2D eigenvalue weighted by Crippen LogP contribution is 2.30. The fourth-order valence-corrected chi connectivity index (χ4v) is 5.91. The van der Waals surface area contributed by atoms with Crippen LogP contribution in [0.15, 0.2) is 20.1 Å². The van der Waals surface area contributed by atoms with Gasteiger partial charge in [-0.3, -0.25) is 4.79 Å². The minimum Gasteiger partial charge on any atom is -0.349 e. The van der Waals surface area contributed by atoms with Gasteiger partial charge in [0.05, 0.1) is 3.79 Å². The van der Waals surface area contributed by atoms with E-state index in [9.17, 15) is 13.2 Å². The van der Waals surface area contributed by atoms with Crippen molar-refractivity contribution in [2.45, 2.75) is 17.1 Å². The molecule has 1 aromatic heterocycles. The number of nitrogens with zero attached hydrogens (tertiary/aromatic N) is 2. The Morgan fingerprint density at radius 2 is 1.95 bits per heavy atom. The van der Waals surface area contributed by atoms with Crippen molar-refractivity contribution in [1.29, 1.82) is 0 Å². The smallest absolute Gasteiger partial charge is 0.252 e. The third-order valence-corrected chi connectivity index (χ3v) is 7.38. The largest absolute Gasteiger partial charge is 0.349 e. The molecule has 8 heteroatoms. The van der Waals surface area contributed by atoms with Gasteiger partial charge in [0.2, 0.25) is 5.91 Å². The van der Waals surface area contributed by atoms with Crippen LogP contribution in [0.1, 0.15) is 12.8 Å². The van der Waals surface area contributed by atoms with Crippen molar-refractivity contribution in [3.63, 3.8) is 0 Å². The van der Waals surface area contributed by atoms with Gasteiger partial charge in [-0.15, -0.1) is 11.3 Å². The van der Waals surface area contributed by atoms with Gasteiger partial charge in [-0.1, -0.05) is 0 Å². The van der Waals surface area contributed by atoms with E-state index in [2.05, 4.69) is 15.9 Å². The predicted molar refractivity (Wildman–Crippen MR) is 82.2 cm³/mol. The quantitative estimate of drug-likeness (QED) is 0.805. The molecule has 1 amide bonds. The van der Waals surface area contributed by atoms with Crippen LogP contribution >= 0.6 is 27.3 Å². The lowest BCUT2D eigenvalue weighted by Gasteiger charge is -2.31. The van der Waals surface area contributed by atoms with E-state index >= 15 is 0 Å². The molecule has 1 aliphatic rings. The van der Waals surface area contributed by atoms with Crippen LogP contribution in [0, 0.1) is 5.92 Å². The predicted octanol–water partition coefficient (Wildman–Crippen LogP) is 2.00. The SMILES string of the molecule is CN(C)C(=O)C1CCN(S(=O)(=O)c2ccc(Br)s2)CC1. The first kappa shape index (κ1) is 15.9.